The van der Waals surface area contributed by atoms with Crippen molar-refractivity contribution in [2.75, 3.05) is 0 Å². The first-order chi connectivity index (χ1) is 10.7. The molecule has 0 aliphatic heterocycles. The van der Waals surface area contributed by atoms with E-state index in [0.717, 1.165) is 18.4 Å². The summed E-state index contributed by atoms with van der Waals surface area (Å²) in [7, 11) is 0. The van der Waals surface area contributed by atoms with Crippen LogP contribution in [0.5, 0.6) is 5.75 Å². The van der Waals surface area contributed by atoms with Crippen LogP contribution in [0.25, 0.3) is 10.9 Å². The van der Waals surface area contributed by atoms with Gasteiger partial charge >= 0.3 is 0 Å². The van der Waals surface area contributed by atoms with E-state index in [1.165, 1.54) is 22.7 Å². The van der Waals surface area contributed by atoms with Gasteiger partial charge in [-0.2, -0.15) is 0 Å². The highest BCUT2D eigenvalue weighted by Crippen LogP contribution is 2.30. The Bertz CT molecular complexity index is 866. The number of benzene rings is 2. The number of phenols is 1. The number of H-pyrrole nitrogens is 1. The first kappa shape index (κ1) is 13.0. The first-order valence-electron chi connectivity index (χ1n) is 7.39. The number of carbonyl (C=O) groups is 1. The Labute approximate surface area is 127 Å². The highest BCUT2D eigenvalue weighted by molar-refractivity contribution is 5.97. The summed E-state index contributed by atoms with van der Waals surface area (Å²) < 4.78 is 0. The minimum Gasteiger partial charge on any atom is -0.507 e. The monoisotopic (exact) mass is 292 g/mol. The molecule has 4 nitrogen and oxygen atoms in total. The van der Waals surface area contributed by atoms with Crippen LogP contribution in [0, 0.1) is 0 Å². The van der Waals surface area contributed by atoms with Crippen LogP contribution in [0.4, 0.5) is 0 Å². The highest BCUT2D eigenvalue weighted by atomic mass is 16.3. The number of para-hydroxylation sites is 2. The molecule has 22 heavy (non-hydrogen) atoms. The Morgan fingerprint density at radius 3 is 2.73 bits per heavy atom. The zero-order chi connectivity index (χ0) is 15.1. The number of carbonyl (C=O) groups excluding carboxylic acids is 1. The normalized spacial score (nSPS) is 16.6. The summed E-state index contributed by atoms with van der Waals surface area (Å²) in [5.74, 6) is -0.209. The van der Waals surface area contributed by atoms with E-state index in [2.05, 4.69) is 22.4 Å². The SMILES string of the molecule is O=C(NC1Cc2[nH]c3ccccc3c2C1)c1ccccc1O. The quantitative estimate of drug-likeness (QED) is 0.680. The third-order valence-corrected chi connectivity index (χ3v) is 4.29. The topological polar surface area (TPSA) is 65.1 Å². The molecule has 1 atom stereocenters. The number of rotatable bonds is 2. The maximum Gasteiger partial charge on any atom is 0.255 e. The molecule has 1 heterocycles. The van der Waals surface area contributed by atoms with E-state index in [1.807, 2.05) is 12.1 Å². The molecule has 1 aliphatic rings. The summed E-state index contributed by atoms with van der Waals surface area (Å²) in [5, 5.41) is 14.0. The lowest BCUT2D eigenvalue weighted by Crippen LogP contribution is -2.35. The number of aromatic amines is 1. The fourth-order valence-corrected chi connectivity index (χ4v) is 3.26. The van der Waals surface area contributed by atoms with Gasteiger partial charge in [0, 0.05) is 29.1 Å². The number of amides is 1. The maximum absolute atomic E-state index is 12.3. The third kappa shape index (κ3) is 2.04. The van der Waals surface area contributed by atoms with E-state index >= 15 is 0 Å². The van der Waals surface area contributed by atoms with Crippen molar-refractivity contribution in [1.82, 2.24) is 10.3 Å². The molecule has 0 radical (unpaired) electrons. The summed E-state index contributed by atoms with van der Waals surface area (Å²) in [4.78, 5) is 15.7. The highest BCUT2D eigenvalue weighted by Gasteiger charge is 2.27. The van der Waals surface area contributed by atoms with E-state index in [1.54, 1.807) is 18.2 Å². The molecular formula is C18H16N2O2. The minimum atomic E-state index is -0.224. The summed E-state index contributed by atoms with van der Waals surface area (Å²) in [6.45, 7) is 0. The average molecular weight is 292 g/mol. The van der Waals surface area contributed by atoms with Crippen molar-refractivity contribution in [1.29, 1.82) is 0 Å². The van der Waals surface area contributed by atoms with Gasteiger partial charge in [-0.1, -0.05) is 30.3 Å². The zero-order valence-corrected chi connectivity index (χ0v) is 12.0. The summed E-state index contributed by atoms with van der Waals surface area (Å²) >= 11 is 0. The molecule has 0 bridgehead atoms. The van der Waals surface area contributed by atoms with E-state index in [4.69, 9.17) is 0 Å². The molecule has 3 N–H and O–H groups in total. The van der Waals surface area contributed by atoms with Crippen LogP contribution in [0.1, 0.15) is 21.6 Å². The number of fused-ring (bicyclic) bond motifs is 3. The largest absolute Gasteiger partial charge is 0.507 e. The predicted octanol–water partition coefficient (Wildman–Crippen LogP) is 2.77. The van der Waals surface area contributed by atoms with Crippen molar-refractivity contribution in [2.24, 2.45) is 0 Å². The third-order valence-electron chi connectivity index (χ3n) is 4.29. The van der Waals surface area contributed by atoms with Crippen LogP contribution in [-0.2, 0) is 12.8 Å². The second kappa shape index (κ2) is 4.91. The Hall–Kier alpha value is -2.75. The minimum absolute atomic E-state index is 0.0157. The second-order valence-corrected chi connectivity index (χ2v) is 5.72. The van der Waals surface area contributed by atoms with Gasteiger partial charge < -0.3 is 15.4 Å². The van der Waals surface area contributed by atoms with E-state index in [9.17, 15) is 9.90 Å². The molecule has 1 aromatic heterocycles. The van der Waals surface area contributed by atoms with E-state index in [0.29, 0.717) is 5.56 Å². The summed E-state index contributed by atoms with van der Waals surface area (Å²) in [6, 6.07) is 14.9. The summed E-state index contributed by atoms with van der Waals surface area (Å²) in [6.07, 6.45) is 1.61. The van der Waals surface area contributed by atoms with Crippen LogP contribution in [-0.4, -0.2) is 22.0 Å². The van der Waals surface area contributed by atoms with Crippen LogP contribution >= 0.6 is 0 Å². The zero-order valence-electron chi connectivity index (χ0n) is 12.0. The van der Waals surface area contributed by atoms with Gasteiger partial charge in [0.25, 0.3) is 5.91 Å². The molecule has 0 fully saturated rings. The van der Waals surface area contributed by atoms with Crippen molar-refractivity contribution in [3.05, 3.63) is 65.4 Å². The molecule has 4 heteroatoms. The van der Waals surface area contributed by atoms with Crippen LogP contribution in [0.3, 0.4) is 0 Å². The number of hydrogen-bond acceptors (Lipinski definition) is 2. The molecule has 4 rings (SSSR count). The molecule has 1 amide bonds. The number of nitrogens with one attached hydrogen (secondary N) is 2. The number of aromatic hydroxyl groups is 1. The van der Waals surface area contributed by atoms with Crippen molar-refractivity contribution in [2.45, 2.75) is 18.9 Å². The van der Waals surface area contributed by atoms with Gasteiger partial charge in [0.2, 0.25) is 0 Å². The number of hydrogen-bond donors (Lipinski definition) is 3. The first-order valence-corrected chi connectivity index (χ1v) is 7.39. The molecule has 0 spiro atoms. The van der Waals surface area contributed by atoms with Crippen molar-refractivity contribution in [3.63, 3.8) is 0 Å². The van der Waals surface area contributed by atoms with Gasteiger partial charge in [-0.05, 0) is 30.2 Å². The number of aromatic nitrogens is 1. The molecule has 110 valence electrons. The lowest BCUT2D eigenvalue weighted by Gasteiger charge is -2.13. The molecule has 1 aliphatic carbocycles. The Morgan fingerprint density at radius 1 is 1.09 bits per heavy atom. The molecule has 0 saturated carbocycles. The fraction of sp³-hybridized carbons (Fsp3) is 0.167. The molecular weight excluding hydrogens is 276 g/mol. The predicted molar refractivity (Wildman–Crippen MR) is 85.1 cm³/mol. The van der Waals surface area contributed by atoms with Gasteiger partial charge in [-0.15, -0.1) is 0 Å². The Morgan fingerprint density at radius 2 is 1.86 bits per heavy atom. The molecule has 1 unspecified atom stereocenters. The number of phenolic OH excluding ortho intramolecular Hbond substituents is 1. The van der Waals surface area contributed by atoms with E-state index < -0.39 is 0 Å². The van der Waals surface area contributed by atoms with Crippen molar-refractivity contribution in [3.8, 4) is 5.75 Å². The second-order valence-electron chi connectivity index (χ2n) is 5.72. The maximum atomic E-state index is 12.3. The van der Waals surface area contributed by atoms with Gasteiger partial charge in [0.15, 0.2) is 0 Å². The Kier molecular flexibility index (Phi) is 2.89. The van der Waals surface area contributed by atoms with Gasteiger partial charge in [0.1, 0.15) is 5.75 Å². The Balaban J connectivity index is 1.54. The van der Waals surface area contributed by atoms with Crippen molar-refractivity contribution >= 4 is 16.8 Å². The van der Waals surface area contributed by atoms with Crippen LogP contribution in [0.2, 0.25) is 0 Å². The lowest BCUT2D eigenvalue weighted by atomic mass is 10.1. The van der Waals surface area contributed by atoms with Crippen molar-refractivity contribution < 1.29 is 9.90 Å². The molecule has 2 aromatic carbocycles. The standard InChI is InChI=1S/C18H16N2O2/c21-17-8-4-2-6-13(17)18(22)19-11-9-14-12-5-1-3-7-15(12)20-16(14)10-11/h1-8,11,20-21H,9-10H2,(H,19,22). The molecule has 0 saturated heterocycles. The van der Waals surface area contributed by atoms with E-state index in [-0.39, 0.29) is 17.7 Å². The van der Waals surface area contributed by atoms with Gasteiger partial charge in [-0.3, -0.25) is 4.79 Å². The average Bonchev–Trinajstić information content (AvgIpc) is 3.04. The smallest absolute Gasteiger partial charge is 0.255 e. The van der Waals surface area contributed by atoms with Crippen LogP contribution < -0.4 is 5.32 Å². The van der Waals surface area contributed by atoms with Gasteiger partial charge in [-0.25, -0.2) is 0 Å². The van der Waals surface area contributed by atoms with Gasteiger partial charge in [0.05, 0.1) is 5.56 Å². The fourth-order valence-electron chi connectivity index (χ4n) is 3.26. The van der Waals surface area contributed by atoms with Crippen LogP contribution in [0.15, 0.2) is 48.5 Å². The summed E-state index contributed by atoms with van der Waals surface area (Å²) in [5.41, 5.74) is 3.96. The lowest BCUT2D eigenvalue weighted by molar-refractivity contribution is 0.0936. The molecule has 3 aromatic rings.